The maximum atomic E-state index is 11.2. The Morgan fingerprint density at radius 1 is 1.21 bits per heavy atom. The highest BCUT2D eigenvalue weighted by atomic mass is 35.5. The smallest absolute Gasteiger partial charge is 0.315 e. The van der Waals surface area contributed by atoms with Gasteiger partial charge in [-0.3, -0.25) is 4.79 Å². The lowest BCUT2D eigenvalue weighted by atomic mass is 10.1. The van der Waals surface area contributed by atoms with E-state index in [2.05, 4.69) is 40.9 Å². The minimum atomic E-state index is -0.233. The molecule has 3 aromatic rings. The molecule has 7 heteroatoms. The zero-order chi connectivity index (χ0) is 19.9. The van der Waals surface area contributed by atoms with Crippen LogP contribution in [0.2, 0.25) is 5.02 Å². The number of thioether (sulfide) groups is 1. The highest BCUT2D eigenvalue weighted by molar-refractivity contribution is 7.99. The van der Waals surface area contributed by atoms with E-state index in [-0.39, 0.29) is 5.97 Å². The molecule has 2 aromatic carbocycles. The summed E-state index contributed by atoms with van der Waals surface area (Å²) in [5.74, 6) is 1.38. The molecule has 1 aromatic heterocycles. The van der Waals surface area contributed by atoms with Gasteiger partial charge in [0, 0.05) is 16.7 Å². The standard InChI is InChI=1S/C21H20ClNO3S2/c1-14-3-6-16(7-4-14)18-12-28-20(23-18)10-26-19-9-15(5-8-17(19)22)11-27-13-21(24)25-2/h3-9,12H,10-11,13H2,1-2H3. The number of carbonyl (C=O) groups excluding carboxylic acids is 1. The summed E-state index contributed by atoms with van der Waals surface area (Å²) in [5.41, 5.74) is 4.30. The van der Waals surface area contributed by atoms with E-state index in [4.69, 9.17) is 16.3 Å². The van der Waals surface area contributed by atoms with Gasteiger partial charge in [-0.25, -0.2) is 4.98 Å². The van der Waals surface area contributed by atoms with E-state index in [0.29, 0.717) is 28.9 Å². The lowest BCUT2D eigenvalue weighted by Crippen LogP contribution is -2.03. The first kappa shape index (κ1) is 20.7. The number of esters is 1. The van der Waals surface area contributed by atoms with Crippen molar-refractivity contribution in [2.45, 2.75) is 19.3 Å². The molecule has 0 aliphatic carbocycles. The average Bonchev–Trinajstić information content (AvgIpc) is 3.17. The SMILES string of the molecule is COC(=O)CSCc1ccc(Cl)c(OCc2nc(-c3ccc(C)cc3)cs2)c1. The number of nitrogens with zero attached hydrogens (tertiary/aromatic N) is 1. The van der Waals surface area contributed by atoms with Crippen molar-refractivity contribution in [2.75, 3.05) is 12.9 Å². The number of aromatic nitrogens is 1. The maximum absolute atomic E-state index is 11.2. The molecule has 146 valence electrons. The van der Waals surface area contributed by atoms with Crippen LogP contribution in [0.15, 0.2) is 47.8 Å². The van der Waals surface area contributed by atoms with Crippen molar-refractivity contribution in [3.8, 4) is 17.0 Å². The third-order valence-corrected chi connectivity index (χ3v) is 6.07. The van der Waals surface area contributed by atoms with Crippen LogP contribution in [0.3, 0.4) is 0 Å². The maximum Gasteiger partial charge on any atom is 0.315 e. The van der Waals surface area contributed by atoms with Crippen molar-refractivity contribution < 1.29 is 14.3 Å². The number of hydrogen-bond donors (Lipinski definition) is 0. The fourth-order valence-corrected chi connectivity index (χ4v) is 4.12. The molecule has 0 aliphatic heterocycles. The number of halogens is 1. The molecular weight excluding hydrogens is 414 g/mol. The van der Waals surface area contributed by atoms with Crippen LogP contribution in [-0.2, 0) is 21.9 Å². The summed E-state index contributed by atoms with van der Waals surface area (Å²) in [6.07, 6.45) is 0. The van der Waals surface area contributed by atoms with Gasteiger partial charge < -0.3 is 9.47 Å². The molecule has 3 rings (SSSR count). The Hall–Kier alpha value is -2.02. The Morgan fingerprint density at radius 3 is 2.75 bits per heavy atom. The minimum absolute atomic E-state index is 0.233. The van der Waals surface area contributed by atoms with Crippen molar-refractivity contribution in [3.63, 3.8) is 0 Å². The molecule has 0 aliphatic rings. The van der Waals surface area contributed by atoms with Gasteiger partial charge >= 0.3 is 5.97 Å². The van der Waals surface area contributed by atoms with Gasteiger partial charge in [-0.15, -0.1) is 23.1 Å². The van der Waals surface area contributed by atoms with Crippen LogP contribution in [-0.4, -0.2) is 23.8 Å². The molecule has 0 saturated heterocycles. The van der Waals surface area contributed by atoms with Gasteiger partial charge in [0.15, 0.2) is 0 Å². The summed E-state index contributed by atoms with van der Waals surface area (Å²) < 4.78 is 10.5. The number of methoxy groups -OCH3 is 1. The zero-order valence-electron chi connectivity index (χ0n) is 15.6. The second kappa shape index (κ2) is 9.96. The first-order valence-electron chi connectivity index (χ1n) is 8.62. The Balaban J connectivity index is 1.60. The number of benzene rings is 2. The van der Waals surface area contributed by atoms with E-state index in [1.54, 1.807) is 11.3 Å². The number of aryl methyl sites for hydroxylation is 1. The van der Waals surface area contributed by atoms with Crippen LogP contribution < -0.4 is 4.74 Å². The quantitative estimate of drug-likeness (QED) is 0.423. The summed E-state index contributed by atoms with van der Waals surface area (Å²) in [7, 11) is 1.39. The Bertz CT molecular complexity index is 941. The third-order valence-electron chi connectivity index (χ3n) is 3.96. The first-order chi connectivity index (χ1) is 13.5. The van der Waals surface area contributed by atoms with E-state index >= 15 is 0 Å². The summed E-state index contributed by atoms with van der Waals surface area (Å²) in [6, 6.07) is 13.9. The highest BCUT2D eigenvalue weighted by Crippen LogP contribution is 2.29. The predicted octanol–water partition coefficient (Wildman–Crippen LogP) is 5.76. The van der Waals surface area contributed by atoms with Crippen molar-refractivity contribution in [1.29, 1.82) is 0 Å². The summed E-state index contributed by atoms with van der Waals surface area (Å²) >= 11 is 9.31. The number of carbonyl (C=O) groups is 1. The lowest BCUT2D eigenvalue weighted by molar-refractivity contribution is -0.137. The fraction of sp³-hybridized carbons (Fsp3) is 0.238. The van der Waals surface area contributed by atoms with Gasteiger partial charge in [0.2, 0.25) is 0 Å². The Kier molecular flexibility index (Phi) is 7.36. The molecule has 0 fully saturated rings. The van der Waals surface area contributed by atoms with Crippen molar-refractivity contribution in [2.24, 2.45) is 0 Å². The van der Waals surface area contributed by atoms with Crippen molar-refractivity contribution >= 4 is 40.7 Å². The summed E-state index contributed by atoms with van der Waals surface area (Å²) in [6.45, 7) is 2.42. The van der Waals surface area contributed by atoms with Gasteiger partial charge in [0.1, 0.15) is 17.4 Å². The van der Waals surface area contributed by atoms with E-state index in [1.165, 1.54) is 24.4 Å². The molecule has 0 amide bonds. The molecule has 4 nitrogen and oxygen atoms in total. The molecule has 0 bridgehead atoms. The van der Waals surface area contributed by atoms with Crippen LogP contribution in [0.5, 0.6) is 5.75 Å². The summed E-state index contributed by atoms with van der Waals surface area (Å²) in [4.78, 5) is 15.9. The normalized spacial score (nSPS) is 10.7. The van der Waals surface area contributed by atoms with Gasteiger partial charge in [0.05, 0.1) is 23.6 Å². The topological polar surface area (TPSA) is 48.4 Å². The van der Waals surface area contributed by atoms with Crippen molar-refractivity contribution in [1.82, 2.24) is 4.98 Å². The Labute approximate surface area is 177 Å². The molecular formula is C21H20ClNO3S2. The van der Waals surface area contributed by atoms with Crippen LogP contribution in [0.25, 0.3) is 11.3 Å². The molecule has 0 atom stereocenters. The summed E-state index contributed by atoms with van der Waals surface area (Å²) in [5, 5.41) is 3.47. The molecule has 0 radical (unpaired) electrons. The molecule has 28 heavy (non-hydrogen) atoms. The van der Waals surface area contributed by atoms with Crippen LogP contribution in [0.4, 0.5) is 0 Å². The second-order valence-electron chi connectivity index (χ2n) is 6.11. The lowest BCUT2D eigenvalue weighted by Gasteiger charge is -2.09. The zero-order valence-corrected chi connectivity index (χ0v) is 18.0. The largest absolute Gasteiger partial charge is 0.485 e. The monoisotopic (exact) mass is 433 g/mol. The predicted molar refractivity (Wildman–Crippen MR) is 116 cm³/mol. The fourth-order valence-electron chi connectivity index (χ4n) is 2.43. The second-order valence-corrected chi connectivity index (χ2v) is 8.45. The number of rotatable bonds is 8. The average molecular weight is 434 g/mol. The van der Waals surface area contributed by atoms with Gasteiger partial charge in [-0.05, 0) is 24.6 Å². The van der Waals surface area contributed by atoms with Crippen LogP contribution in [0.1, 0.15) is 16.1 Å². The van der Waals surface area contributed by atoms with Gasteiger partial charge in [0.25, 0.3) is 0 Å². The van der Waals surface area contributed by atoms with Gasteiger partial charge in [-0.2, -0.15) is 0 Å². The molecule has 0 N–H and O–H groups in total. The number of thiazole rings is 1. The Morgan fingerprint density at radius 2 is 2.00 bits per heavy atom. The van der Waals surface area contributed by atoms with Crippen LogP contribution in [0, 0.1) is 6.92 Å². The van der Waals surface area contributed by atoms with E-state index < -0.39 is 0 Å². The van der Waals surface area contributed by atoms with E-state index in [9.17, 15) is 4.79 Å². The first-order valence-corrected chi connectivity index (χ1v) is 11.0. The van der Waals surface area contributed by atoms with Crippen molar-refractivity contribution in [3.05, 3.63) is 69.0 Å². The molecule has 1 heterocycles. The molecule has 0 spiro atoms. The van der Waals surface area contributed by atoms with E-state index in [0.717, 1.165) is 21.8 Å². The molecule has 0 unspecified atom stereocenters. The number of hydrogen-bond acceptors (Lipinski definition) is 6. The van der Waals surface area contributed by atoms with E-state index in [1.807, 2.05) is 23.6 Å². The third kappa shape index (κ3) is 5.74. The molecule has 0 saturated carbocycles. The minimum Gasteiger partial charge on any atom is -0.485 e. The number of ether oxygens (including phenoxy) is 2. The highest BCUT2D eigenvalue weighted by Gasteiger charge is 2.09. The van der Waals surface area contributed by atoms with Crippen LogP contribution >= 0.6 is 34.7 Å². The van der Waals surface area contributed by atoms with Gasteiger partial charge in [-0.1, -0.05) is 47.5 Å².